The van der Waals surface area contributed by atoms with Gasteiger partial charge in [-0.2, -0.15) is 5.10 Å². The summed E-state index contributed by atoms with van der Waals surface area (Å²) in [6.07, 6.45) is 0. The summed E-state index contributed by atoms with van der Waals surface area (Å²) >= 11 is 0. The summed E-state index contributed by atoms with van der Waals surface area (Å²) in [7, 11) is 0. The number of aromatic amines is 1. The number of rotatable bonds is 4. The Bertz CT molecular complexity index is 869. The van der Waals surface area contributed by atoms with Crippen LogP contribution in [0, 0.1) is 0 Å². The molecule has 2 aliphatic heterocycles. The summed E-state index contributed by atoms with van der Waals surface area (Å²) in [4.78, 5) is 7.58. The lowest BCUT2D eigenvalue weighted by atomic mass is 10.1. The van der Waals surface area contributed by atoms with Crippen molar-refractivity contribution in [3.63, 3.8) is 0 Å². The molecular formula is C21H25N5. The van der Waals surface area contributed by atoms with Gasteiger partial charge in [-0.3, -0.25) is 14.9 Å². The second-order valence-electron chi connectivity index (χ2n) is 7.40. The van der Waals surface area contributed by atoms with Gasteiger partial charge in [0.2, 0.25) is 0 Å². The van der Waals surface area contributed by atoms with Gasteiger partial charge in [-0.15, -0.1) is 0 Å². The van der Waals surface area contributed by atoms with Crippen molar-refractivity contribution < 1.29 is 0 Å². The highest BCUT2D eigenvalue weighted by Gasteiger charge is 2.22. The molecule has 0 aliphatic carbocycles. The first-order chi connectivity index (χ1) is 12.9. The smallest absolute Gasteiger partial charge is 0.158 e. The summed E-state index contributed by atoms with van der Waals surface area (Å²) in [6, 6.07) is 17.2. The normalized spacial score (nSPS) is 18.5. The van der Waals surface area contributed by atoms with Gasteiger partial charge < -0.3 is 4.90 Å². The first-order valence-electron chi connectivity index (χ1n) is 9.56. The van der Waals surface area contributed by atoms with Gasteiger partial charge in [0, 0.05) is 57.7 Å². The third kappa shape index (κ3) is 2.97. The Morgan fingerprint density at radius 3 is 2.19 bits per heavy atom. The van der Waals surface area contributed by atoms with E-state index in [1.165, 1.54) is 16.5 Å². The molecule has 26 heavy (non-hydrogen) atoms. The number of nitrogens with zero attached hydrogens (tertiary/aromatic N) is 4. The van der Waals surface area contributed by atoms with E-state index >= 15 is 0 Å². The molecule has 1 fully saturated rings. The lowest BCUT2D eigenvalue weighted by Gasteiger charge is -2.35. The number of benzene rings is 2. The third-order valence-corrected chi connectivity index (χ3v) is 5.76. The SMILES string of the molecule is c1ccc2c(c1)CN(CCN1CCN(c3n[nH]c4ccccc34)CC1)C2. The van der Waals surface area contributed by atoms with Gasteiger partial charge in [-0.25, -0.2) is 0 Å². The molecule has 5 heteroatoms. The maximum atomic E-state index is 4.55. The molecule has 3 aromatic rings. The van der Waals surface area contributed by atoms with Crippen LogP contribution in [-0.4, -0.2) is 59.3 Å². The number of hydrogen-bond donors (Lipinski definition) is 1. The Morgan fingerprint density at radius 2 is 1.42 bits per heavy atom. The third-order valence-electron chi connectivity index (χ3n) is 5.76. The zero-order chi connectivity index (χ0) is 17.3. The minimum Gasteiger partial charge on any atom is -0.352 e. The van der Waals surface area contributed by atoms with E-state index in [4.69, 9.17) is 0 Å². The van der Waals surface area contributed by atoms with Gasteiger partial charge in [0.25, 0.3) is 0 Å². The van der Waals surface area contributed by atoms with E-state index in [1.807, 2.05) is 0 Å². The van der Waals surface area contributed by atoms with Crippen molar-refractivity contribution in [1.29, 1.82) is 0 Å². The topological polar surface area (TPSA) is 38.4 Å². The fraction of sp³-hybridized carbons (Fsp3) is 0.381. The number of piperazine rings is 1. The highest BCUT2D eigenvalue weighted by Crippen LogP contribution is 2.25. The first kappa shape index (κ1) is 15.9. The summed E-state index contributed by atoms with van der Waals surface area (Å²) < 4.78 is 0. The number of fused-ring (bicyclic) bond motifs is 2. The van der Waals surface area contributed by atoms with Gasteiger partial charge in [0.05, 0.1) is 5.52 Å². The largest absolute Gasteiger partial charge is 0.352 e. The molecule has 0 saturated carbocycles. The monoisotopic (exact) mass is 347 g/mol. The highest BCUT2D eigenvalue weighted by molar-refractivity contribution is 5.90. The van der Waals surface area contributed by atoms with Gasteiger partial charge >= 0.3 is 0 Å². The van der Waals surface area contributed by atoms with Gasteiger partial charge in [-0.1, -0.05) is 36.4 Å². The standard InChI is InChI=1S/C21H25N5/c1-2-6-18-16-25(15-17(18)5-1)10-9-24-11-13-26(14-12-24)21-19-7-3-4-8-20(19)22-23-21/h1-8H,9-16H2,(H,22,23). The summed E-state index contributed by atoms with van der Waals surface area (Å²) in [5, 5.41) is 8.94. The van der Waals surface area contributed by atoms with Crippen LogP contribution >= 0.6 is 0 Å². The molecule has 2 aliphatic rings. The van der Waals surface area contributed by atoms with Crippen LogP contribution in [0.3, 0.4) is 0 Å². The second-order valence-corrected chi connectivity index (χ2v) is 7.40. The Balaban J connectivity index is 1.14. The molecule has 0 amide bonds. The van der Waals surface area contributed by atoms with Crippen molar-refractivity contribution in [2.45, 2.75) is 13.1 Å². The molecule has 0 atom stereocenters. The molecule has 134 valence electrons. The van der Waals surface area contributed by atoms with Crippen molar-refractivity contribution in [2.75, 3.05) is 44.2 Å². The molecule has 1 N–H and O–H groups in total. The average Bonchev–Trinajstić information content (AvgIpc) is 3.30. The van der Waals surface area contributed by atoms with E-state index in [0.29, 0.717) is 0 Å². The Hall–Kier alpha value is -2.37. The van der Waals surface area contributed by atoms with Crippen LogP contribution in [-0.2, 0) is 13.1 Å². The number of aromatic nitrogens is 2. The van der Waals surface area contributed by atoms with Crippen molar-refractivity contribution in [3.05, 3.63) is 59.7 Å². The number of para-hydroxylation sites is 1. The van der Waals surface area contributed by atoms with Crippen LogP contribution in [0.1, 0.15) is 11.1 Å². The first-order valence-corrected chi connectivity index (χ1v) is 9.56. The fourth-order valence-corrected chi connectivity index (χ4v) is 4.22. The number of H-pyrrole nitrogens is 1. The molecule has 2 aromatic carbocycles. The molecule has 3 heterocycles. The molecule has 1 aromatic heterocycles. The minimum absolute atomic E-state index is 1.05. The number of anilines is 1. The van der Waals surface area contributed by atoms with Gasteiger partial charge in [0.15, 0.2) is 5.82 Å². The molecule has 0 unspecified atom stereocenters. The van der Waals surface area contributed by atoms with Crippen LogP contribution in [0.5, 0.6) is 0 Å². The fourth-order valence-electron chi connectivity index (χ4n) is 4.22. The van der Waals surface area contributed by atoms with E-state index in [9.17, 15) is 0 Å². The second kappa shape index (κ2) is 6.74. The maximum Gasteiger partial charge on any atom is 0.158 e. The summed E-state index contributed by atoms with van der Waals surface area (Å²) in [5.74, 6) is 1.11. The van der Waals surface area contributed by atoms with Gasteiger partial charge in [0.1, 0.15) is 0 Å². The van der Waals surface area contributed by atoms with E-state index in [1.54, 1.807) is 0 Å². The van der Waals surface area contributed by atoms with Crippen LogP contribution in [0.2, 0.25) is 0 Å². The van der Waals surface area contributed by atoms with Crippen LogP contribution in [0.15, 0.2) is 48.5 Å². The van der Waals surface area contributed by atoms with Crippen molar-refractivity contribution in [3.8, 4) is 0 Å². The lowest BCUT2D eigenvalue weighted by Crippen LogP contribution is -2.48. The van der Waals surface area contributed by atoms with Gasteiger partial charge in [-0.05, 0) is 23.3 Å². The van der Waals surface area contributed by atoms with Crippen molar-refractivity contribution in [2.24, 2.45) is 0 Å². The van der Waals surface area contributed by atoms with Crippen molar-refractivity contribution >= 4 is 16.7 Å². The molecule has 0 radical (unpaired) electrons. The molecule has 5 nitrogen and oxygen atoms in total. The maximum absolute atomic E-state index is 4.55. The Morgan fingerprint density at radius 1 is 0.769 bits per heavy atom. The van der Waals surface area contributed by atoms with Crippen LogP contribution < -0.4 is 4.90 Å². The zero-order valence-corrected chi connectivity index (χ0v) is 15.1. The number of nitrogens with one attached hydrogen (secondary N) is 1. The molecule has 5 rings (SSSR count). The van der Waals surface area contributed by atoms with Crippen LogP contribution in [0.4, 0.5) is 5.82 Å². The summed E-state index contributed by atoms with van der Waals surface area (Å²) in [6.45, 7) is 8.85. The highest BCUT2D eigenvalue weighted by atomic mass is 15.3. The van der Waals surface area contributed by atoms with Crippen molar-refractivity contribution in [1.82, 2.24) is 20.0 Å². The molecule has 1 saturated heterocycles. The predicted octanol–water partition coefficient (Wildman–Crippen LogP) is 2.70. The zero-order valence-electron chi connectivity index (χ0n) is 15.1. The molecule has 0 spiro atoms. The quantitative estimate of drug-likeness (QED) is 0.788. The Kier molecular flexibility index (Phi) is 4.11. The van der Waals surface area contributed by atoms with E-state index in [2.05, 4.69) is 73.4 Å². The summed E-state index contributed by atoms with van der Waals surface area (Å²) in [5.41, 5.74) is 4.13. The minimum atomic E-state index is 1.05. The lowest BCUT2D eigenvalue weighted by molar-refractivity contribution is 0.197. The molecule has 0 bridgehead atoms. The van der Waals surface area contributed by atoms with E-state index in [-0.39, 0.29) is 0 Å². The Labute approximate surface area is 154 Å². The average molecular weight is 347 g/mol. The van der Waals surface area contributed by atoms with E-state index in [0.717, 1.165) is 63.7 Å². The molecular weight excluding hydrogens is 322 g/mol. The number of hydrogen-bond acceptors (Lipinski definition) is 4. The van der Waals surface area contributed by atoms with E-state index < -0.39 is 0 Å². The predicted molar refractivity (Wildman–Crippen MR) is 105 cm³/mol. The van der Waals surface area contributed by atoms with Crippen LogP contribution in [0.25, 0.3) is 10.9 Å².